The third-order valence-corrected chi connectivity index (χ3v) is 5.51. The van der Waals surface area contributed by atoms with E-state index in [1.807, 2.05) is 53.6 Å². The fraction of sp³-hybridized carbons (Fsp3) is 0.318. The molecule has 4 rings (SSSR count). The number of aromatic nitrogens is 1. The van der Waals surface area contributed by atoms with Crippen LogP contribution in [0.15, 0.2) is 48.7 Å². The number of nitrogens with one attached hydrogen (secondary N) is 2. The molecule has 2 heterocycles. The fourth-order valence-corrected chi connectivity index (χ4v) is 3.81. The summed E-state index contributed by atoms with van der Waals surface area (Å²) in [6, 6.07) is 13.4. The lowest BCUT2D eigenvalue weighted by Gasteiger charge is -2.36. The van der Waals surface area contributed by atoms with Crippen LogP contribution in [0.3, 0.4) is 0 Å². The third kappa shape index (κ3) is 5.22. The van der Waals surface area contributed by atoms with Crippen molar-refractivity contribution in [1.29, 1.82) is 0 Å². The molecule has 1 fully saturated rings. The fourth-order valence-electron chi connectivity index (χ4n) is 3.81. The number of carbonyl (C=O) groups excluding carboxylic acids is 1. The van der Waals surface area contributed by atoms with Gasteiger partial charge < -0.3 is 25.3 Å². The Morgan fingerprint density at radius 3 is 2.55 bits per heavy atom. The maximum absolute atomic E-state index is 12.6. The molecule has 0 atom stereocenters. The second-order valence-electron chi connectivity index (χ2n) is 7.38. The van der Waals surface area contributed by atoms with Gasteiger partial charge in [0.1, 0.15) is 5.75 Å². The van der Waals surface area contributed by atoms with E-state index in [2.05, 4.69) is 15.4 Å². The van der Waals surface area contributed by atoms with Crippen molar-refractivity contribution < 1.29 is 14.7 Å². The number of piperazine rings is 1. The quantitative estimate of drug-likeness (QED) is 0.416. The van der Waals surface area contributed by atoms with Gasteiger partial charge in [-0.2, -0.15) is 0 Å². The Labute approximate surface area is 187 Å². The van der Waals surface area contributed by atoms with Gasteiger partial charge in [-0.3, -0.25) is 15.5 Å². The van der Waals surface area contributed by atoms with Gasteiger partial charge >= 0.3 is 0 Å². The topological polar surface area (TPSA) is 107 Å². The van der Waals surface area contributed by atoms with E-state index in [0.717, 1.165) is 41.7 Å². The summed E-state index contributed by atoms with van der Waals surface area (Å²) < 4.78 is 5.79. The van der Waals surface area contributed by atoms with Crippen molar-refractivity contribution in [3.05, 3.63) is 54.2 Å². The average Bonchev–Trinajstić information content (AvgIpc) is 3.20. The number of carbonyl (C=O) groups is 1. The largest absolute Gasteiger partial charge is 0.484 e. The first-order valence-corrected chi connectivity index (χ1v) is 10.1. The number of halogens is 1. The number of rotatable bonds is 7. The maximum Gasteiger partial charge on any atom is 0.260 e. The van der Waals surface area contributed by atoms with E-state index in [1.54, 1.807) is 0 Å². The monoisotopic (exact) mass is 445 g/mol. The first-order chi connectivity index (χ1) is 14.7. The van der Waals surface area contributed by atoms with E-state index in [0.29, 0.717) is 31.1 Å². The van der Waals surface area contributed by atoms with Gasteiger partial charge in [0, 0.05) is 49.0 Å². The Balaban J connectivity index is 0.00000272. The van der Waals surface area contributed by atoms with Crippen LogP contribution >= 0.6 is 12.4 Å². The lowest BCUT2D eigenvalue weighted by Crippen LogP contribution is -2.50. The van der Waals surface area contributed by atoms with E-state index in [-0.39, 0.29) is 24.9 Å². The molecule has 1 aromatic heterocycles. The lowest BCUT2D eigenvalue weighted by atomic mass is 10.1. The molecule has 0 spiro atoms. The summed E-state index contributed by atoms with van der Waals surface area (Å²) in [5.74, 6) is 0.677. The number of ether oxygens (including phenoxy) is 1. The zero-order chi connectivity index (χ0) is 20.9. The number of nitrogens with zero attached hydrogens (tertiary/aromatic N) is 2. The second kappa shape index (κ2) is 10.4. The highest BCUT2D eigenvalue weighted by Gasteiger charge is 2.21. The zero-order valence-corrected chi connectivity index (χ0v) is 18.0. The minimum Gasteiger partial charge on any atom is -0.484 e. The van der Waals surface area contributed by atoms with Gasteiger partial charge in [-0.15, -0.1) is 12.4 Å². The number of fused-ring (bicyclic) bond motifs is 1. The van der Waals surface area contributed by atoms with Crippen LogP contribution < -0.4 is 20.9 Å². The average molecular weight is 446 g/mol. The smallest absolute Gasteiger partial charge is 0.260 e. The molecule has 2 aromatic carbocycles. The van der Waals surface area contributed by atoms with Gasteiger partial charge in [0.2, 0.25) is 0 Å². The first-order valence-electron chi connectivity index (χ1n) is 10.1. The van der Waals surface area contributed by atoms with Crippen LogP contribution in [0.5, 0.6) is 5.75 Å². The van der Waals surface area contributed by atoms with Gasteiger partial charge in [-0.1, -0.05) is 0 Å². The van der Waals surface area contributed by atoms with E-state index >= 15 is 0 Å². The number of H-pyrrole nitrogens is 1. The van der Waals surface area contributed by atoms with Crippen LogP contribution in [0.1, 0.15) is 5.56 Å². The predicted molar refractivity (Wildman–Crippen MR) is 124 cm³/mol. The molecule has 0 unspecified atom stereocenters. The molecule has 9 heteroatoms. The van der Waals surface area contributed by atoms with Crippen LogP contribution in [0, 0.1) is 0 Å². The number of amides is 1. The first kappa shape index (κ1) is 22.7. The molecular weight excluding hydrogens is 418 g/mol. The maximum atomic E-state index is 12.6. The van der Waals surface area contributed by atoms with Crippen molar-refractivity contribution in [1.82, 2.24) is 9.88 Å². The van der Waals surface area contributed by atoms with Crippen molar-refractivity contribution in [2.75, 3.05) is 49.7 Å². The van der Waals surface area contributed by atoms with Crippen molar-refractivity contribution in [2.24, 2.45) is 5.73 Å². The summed E-state index contributed by atoms with van der Waals surface area (Å²) in [5.41, 5.74) is 11.7. The van der Waals surface area contributed by atoms with Crippen LogP contribution in [-0.4, -0.2) is 60.3 Å². The summed E-state index contributed by atoms with van der Waals surface area (Å²) in [5, 5.41) is 10.0. The number of aromatic amines is 1. The molecule has 0 radical (unpaired) electrons. The van der Waals surface area contributed by atoms with Crippen molar-refractivity contribution in [2.45, 2.75) is 6.42 Å². The molecule has 0 bridgehead atoms. The highest BCUT2D eigenvalue weighted by Crippen LogP contribution is 2.24. The van der Waals surface area contributed by atoms with Gasteiger partial charge in [-0.25, -0.2) is 0 Å². The van der Waals surface area contributed by atoms with Crippen LogP contribution in [0.4, 0.5) is 11.4 Å². The highest BCUT2D eigenvalue weighted by atomic mass is 35.5. The Kier molecular flexibility index (Phi) is 7.62. The summed E-state index contributed by atoms with van der Waals surface area (Å²) in [6.07, 6.45) is 2.77. The van der Waals surface area contributed by atoms with Gasteiger partial charge in [0.25, 0.3) is 5.91 Å². The normalized spacial score (nSPS) is 13.7. The summed E-state index contributed by atoms with van der Waals surface area (Å²) in [6.45, 7) is 3.44. The summed E-state index contributed by atoms with van der Waals surface area (Å²) in [4.78, 5) is 19.9. The minimum absolute atomic E-state index is 0. The molecule has 1 aliphatic heterocycles. The molecule has 0 saturated carbocycles. The Bertz CT molecular complexity index is 1000. The number of anilines is 2. The molecule has 31 heavy (non-hydrogen) atoms. The van der Waals surface area contributed by atoms with E-state index in [4.69, 9.17) is 15.7 Å². The molecule has 8 nitrogen and oxygen atoms in total. The highest BCUT2D eigenvalue weighted by molar-refractivity contribution is 5.85. The van der Waals surface area contributed by atoms with Gasteiger partial charge in [-0.05, 0) is 61.0 Å². The third-order valence-electron chi connectivity index (χ3n) is 5.51. The summed E-state index contributed by atoms with van der Waals surface area (Å²) >= 11 is 0. The predicted octanol–water partition coefficient (Wildman–Crippen LogP) is 2.62. The number of nitrogens with two attached hydrogens (primary N) is 1. The number of benzene rings is 2. The SMILES string of the molecule is Cl.NCCc1c[nH]c2ccc(OCC(=O)N3CCN(c4ccc(NO)cc4)CC3)cc12. The summed E-state index contributed by atoms with van der Waals surface area (Å²) in [7, 11) is 0. The second-order valence-corrected chi connectivity index (χ2v) is 7.38. The molecule has 0 aliphatic carbocycles. The van der Waals surface area contributed by atoms with Gasteiger partial charge in [0.05, 0.1) is 5.69 Å². The van der Waals surface area contributed by atoms with E-state index < -0.39 is 0 Å². The van der Waals surface area contributed by atoms with E-state index in [1.165, 1.54) is 0 Å². The molecule has 1 aliphatic rings. The molecule has 1 amide bonds. The Morgan fingerprint density at radius 1 is 1.13 bits per heavy atom. The van der Waals surface area contributed by atoms with Crippen LogP contribution in [0.2, 0.25) is 0 Å². The Hall–Kier alpha value is -2.94. The number of hydrogen-bond donors (Lipinski definition) is 4. The molecule has 166 valence electrons. The van der Waals surface area contributed by atoms with Crippen LogP contribution in [0.25, 0.3) is 10.9 Å². The van der Waals surface area contributed by atoms with Crippen molar-refractivity contribution in [3.63, 3.8) is 0 Å². The molecule has 1 saturated heterocycles. The lowest BCUT2D eigenvalue weighted by molar-refractivity contribution is -0.133. The van der Waals surface area contributed by atoms with Crippen LogP contribution in [-0.2, 0) is 11.2 Å². The minimum atomic E-state index is -0.00849. The Morgan fingerprint density at radius 2 is 1.87 bits per heavy atom. The van der Waals surface area contributed by atoms with E-state index in [9.17, 15) is 4.79 Å². The van der Waals surface area contributed by atoms with Crippen molar-refractivity contribution >= 4 is 40.6 Å². The zero-order valence-electron chi connectivity index (χ0n) is 17.2. The molecular formula is C22H28ClN5O3. The molecule has 5 N–H and O–H groups in total. The van der Waals surface area contributed by atoms with Gasteiger partial charge in [0.15, 0.2) is 6.61 Å². The molecule has 3 aromatic rings. The standard InChI is InChI=1S/C22H27N5O3.ClH/c23-8-7-16-14-24-21-6-5-19(13-20(16)21)30-15-22(28)27-11-9-26(10-12-27)18-3-1-17(25-29)2-4-18;/h1-6,13-14,24-25,29H,7-12,15,23H2;1H. The number of hydrogen-bond acceptors (Lipinski definition) is 6. The van der Waals surface area contributed by atoms with Crippen molar-refractivity contribution in [3.8, 4) is 5.75 Å².